The van der Waals surface area contributed by atoms with Crippen LogP contribution in [0.1, 0.15) is 37.8 Å². The molecule has 1 aromatic carbocycles. The molecule has 2 atom stereocenters. The van der Waals surface area contributed by atoms with Gasteiger partial charge in [0.1, 0.15) is 6.10 Å². The number of amides is 3. The van der Waals surface area contributed by atoms with Gasteiger partial charge >= 0.3 is 6.03 Å². The molecule has 0 saturated carbocycles. The molecule has 6 nitrogen and oxygen atoms in total. The van der Waals surface area contributed by atoms with Crippen molar-refractivity contribution >= 4 is 23.5 Å². The standard InChI is InChI=1S/C19H26ClN3O3/c1-2-16(14-5-7-15(20)8-6-14)21-19(25)23-11-9-22(10-12-23)18(24)17-4-3-13-26-17/h5-8,16-17H,2-4,9-13H2,1H3,(H,21,25). The number of carbonyl (C=O) groups excluding carboxylic acids is 2. The number of halogens is 1. The van der Waals surface area contributed by atoms with Gasteiger partial charge in [0.25, 0.3) is 5.91 Å². The molecular weight excluding hydrogens is 354 g/mol. The first-order valence-corrected chi connectivity index (χ1v) is 9.67. The van der Waals surface area contributed by atoms with E-state index in [0.29, 0.717) is 37.8 Å². The van der Waals surface area contributed by atoms with Crippen molar-refractivity contribution in [2.75, 3.05) is 32.8 Å². The number of hydrogen-bond donors (Lipinski definition) is 1. The SMILES string of the molecule is CCC(NC(=O)N1CCN(C(=O)C2CCCO2)CC1)c1ccc(Cl)cc1. The summed E-state index contributed by atoms with van der Waals surface area (Å²) in [5.41, 5.74) is 1.04. The molecule has 0 spiro atoms. The van der Waals surface area contributed by atoms with Crippen molar-refractivity contribution in [2.24, 2.45) is 0 Å². The van der Waals surface area contributed by atoms with Gasteiger partial charge in [-0.2, -0.15) is 0 Å². The molecule has 2 heterocycles. The molecule has 2 fully saturated rings. The number of hydrogen-bond acceptors (Lipinski definition) is 3. The van der Waals surface area contributed by atoms with E-state index < -0.39 is 0 Å². The van der Waals surface area contributed by atoms with E-state index in [4.69, 9.17) is 16.3 Å². The molecule has 1 aromatic rings. The molecule has 26 heavy (non-hydrogen) atoms. The first kappa shape index (κ1) is 19.0. The fraction of sp³-hybridized carbons (Fsp3) is 0.579. The van der Waals surface area contributed by atoms with Crippen molar-refractivity contribution in [3.63, 3.8) is 0 Å². The molecule has 0 aliphatic carbocycles. The topological polar surface area (TPSA) is 61.9 Å². The van der Waals surface area contributed by atoms with Crippen molar-refractivity contribution in [1.82, 2.24) is 15.1 Å². The highest BCUT2D eigenvalue weighted by Crippen LogP contribution is 2.20. The average Bonchev–Trinajstić information content (AvgIpc) is 3.21. The largest absolute Gasteiger partial charge is 0.368 e. The minimum Gasteiger partial charge on any atom is -0.368 e. The number of benzene rings is 1. The molecule has 3 amide bonds. The van der Waals surface area contributed by atoms with Gasteiger partial charge in [-0.25, -0.2) is 4.79 Å². The zero-order valence-corrected chi connectivity index (χ0v) is 15.9. The van der Waals surface area contributed by atoms with Gasteiger partial charge in [0, 0.05) is 37.8 Å². The summed E-state index contributed by atoms with van der Waals surface area (Å²) in [7, 11) is 0. The number of carbonyl (C=O) groups is 2. The van der Waals surface area contributed by atoms with Crippen LogP contribution in [0.15, 0.2) is 24.3 Å². The maximum Gasteiger partial charge on any atom is 0.318 e. The van der Waals surface area contributed by atoms with Crippen molar-refractivity contribution in [3.05, 3.63) is 34.9 Å². The summed E-state index contributed by atoms with van der Waals surface area (Å²) >= 11 is 5.94. The summed E-state index contributed by atoms with van der Waals surface area (Å²) in [4.78, 5) is 28.6. The highest BCUT2D eigenvalue weighted by molar-refractivity contribution is 6.30. The van der Waals surface area contributed by atoms with Crippen LogP contribution >= 0.6 is 11.6 Å². The average molecular weight is 380 g/mol. The smallest absolute Gasteiger partial charge is 0.318 e. The van der Waals surface area contributed by atoms with Gasteiger partial charge in [-0.15, -0.1) is 0 Å². The van der Waals surface area contributed by atoms with E-state index in [2.05, 4.69) is 5.32 Å². The third kappa shape index (κ3) is 4.48. The quantitative estimate of drug-likeness (QED) is 0.875. The van der Waals surface area contributed by atoms with Crippen LogP contribution in [-0.2, 0) is 9.53 Å². The molecule has 142 valence electrons. The van der Waals surface area contributed by atoms with Gasteiger partial charge in [0.15, 0.2) is 0 Å². The predicted octanol–water partition coefficient (Wildman–Crippen LogP) is 2.82. The van der Waals surface area contributed by atoms with Gasteiger partial charge in [-0.05, 0) is 37.0 Å². The van der Waals surface area contributed by atoms with Crippen molar-refractivity contribution in [2.45, 2.75) is 38.3 Å². The lowest BCUT2D eigenvalue weighted by Crippen LogP contribution is -2.55. The van der Waals surface area contributed by atoms with E-state index in [1.54, 1.807) is 4.90 Å². The molecule has 3 rings (SSSR count). The number of nitrogens with zero attached hydrogens (tertiary/aromatic N) is 2. The molecule has 0 aromatic heterocycles. The van der Waals surface area contributed by atoms with Gasteiger partial charge in [0.2, 0.25) is 0 Å². The minimum absolute atomic E-state index is 0.0497. The Morgan fingerprint density at radius 2 is 1.85 bits per heavy atom. The summed E-state index contributed by atoms with van der Waals surface area (Å²) in [6, 6.07) is 7.41. The van der Waals surface area contributed by atoms with E-state index in [-0.39, 0.29) is 24.1 Å². The Kier molecular flexibility index (Phi) is 6.38. The molecule has 0 radical (unpaired) electrons. The van der Waals surface area contributed by atoms with Crippen LogP contribution in [0.4, 0.5) is 4.79 Å². The number of nitrogens with one attached hydrogen (secondary N) is 1. The van der Waals surface area contributed by atoms with E-state index in [1.165, 1.54) is 0 Å². The molecule has 2 unspecified atom stereocenters. The highest BCUT2D eigenvalue weighted by Gasteiger charge is 2.31. The Labute approximate surface area is 159 Å². The monoisotopic (exact) mass is 379 g/mol. The number of ether oxygens (including phenoxy) is 1. The van der Waals surface area contributed by atoms with Crippen LogP contribution < -0.4 is 5.32 Å². The van der Waals surface area contributed by atoms with Crippen LogP contribution in [0.2, 0.25) is 5.02 Å². The fourth-order valence-electron chi connectivity index (χ4n) is 3.46. The molecule has 7 heteroatoms. The van der Waals surface area contributed by atoms with Gasteiger partial charge < -0.3 is 19.9 Å². The second-order valence-electron chi connectivity index (χ2n) is 6.78. The van der Waals surface area contributed by atoms with Gasteiger partial charge in [-0.1, -0.05) is 30.7 Å². The second-order valence-corrected chi connectivity index (χ2v) is 7.21. The van der Waals surface area contributed by atoms with Crippen molar-refractivity contribution in [1.29, 1.82) is 0 Å². The third-order valence-corrected chi connectivity index (χ3v) is 5.31. The minimum atomic E-state index is -0.287. The highest BCUT2D eigenvalue weighted by atomic mass is 35.5. The maximum atomic E-state index is 12.6. The Balaban J connectivity index is 1.51. The number of urea groups is 1. The summed E-state index contributed by atoms with van der Waals surface area (Å²) in [5, 5.41) is 3.77. The molecule has 2 aliphatic rings. The lowest BCUT2D eigenvalue weighted by atomic mass is 10.1. The molecule has 0 bridgehead atoms. The molecular formula is C19H26ClN3O3. The summed E-state index contributed by atoms with van der Waals surface area (Å²) < 4.78 is 5.47. The van der Waals surface area contributed by atoms with Crippen LogP contribution in [0.5, 0.6) is 0 Å². The zero-order valence-electron chi connectivity index (χ0n) is 15.1. The predicted molar refractivity (Wildman–Crippen MR) is 100 cm³/mol. The summed E-state index contributed by atoms with van der Waals surface area (Å²) in [6.45, 7) is 4.91. The Bertz CT molecular complexity index is 623. The van der Waals surface area contributed by atoms with Crippen LogP contribution in [0.25, 0.3) is 0 Å². The summed E-state index contributed by atoms with van der Waals surface area (Å²) in [6.07, 6.45) is 2.26. The third-order valence-electron chi connectivity index (χ3n) is 5.06. The Morgan fingerprint density at radius 3 is 2.42 bits per heavy atom. The van der Waals surface area contributed by atoms with E-state index in [9.17, 15) is 9.59 Å². The van der Waals surface area contributed by atoms with Gasteiger partial charge in [0.05, 0.1) is 6.04 Å². The van der Waals surface area contributed by atoms with Crippen molar-refractivity contribution in [3.8, 4) is 0 Å². The lowest BCUT2D eigenvalue weighted by molar-refractivity contribution is -0.142. The number of piperazine rings is 1. The number of rotatable bonds is 4. The Hall–Kier alpha value is -1.79. The second kappa shape index (κ2) is 8.73. The zero-order chi connectivity index (χ0) is 18.5. The normalized spacial score (nSPS) is 21.5. The first-order valence-electron chi connectivity index (χ1n) is 9.29. The van der Waals surface area contributed by atoms with E-state index in [1.807, 2.05) is 36.1 Å². The van der Waals surface area contributed by atoms with Crippen LogP contribution in [0, 0.1) is 0 Å². The first-order chi connectivity index (χ1) is 12.6. The van der Waals surface area contributed by atoms with Gasteiger partial charge in [-0.3, -0.25) is 4.79 Å². The fourth-order valence-corrected chi connectivity index (χ4v) is 3.59. The van der Waals surface area contributed by atoms with E-state index >= 15 is 0 Å². The van der Waals surface area contributed by atoms with Crippen LogP contribution in [-0.4, -0.2) is 60.6 Å². The van der Waals surface area contributed by atoms with Crippen LogP contribution in [0.3, 0.4) is 0 Å². The molecule has 2 aliphatic heterocycles. The molecule has 1 N–H and O–H groups in total. The summed E-state index contributed by atoms with van der Waals surface area (Å²) in [5.74, 6) is 0.0650. The van der Waals surface area contributed by atoms with E-state index in [0.717, 1.165) is 24.8 Å². The van der Waals surface area contributed by atoms with Crippen molar-refractivity contribution < 1.29 is 14.3 Å². The lowest BCUT2D eigenvalue weighted by Gasteiger charge is -2.36. The Morgan fingerprint density at radius 1 is 1.19 bits per heavy atom. The molecule has 2 saturated heterocycles. The maximum absolute atomic E-state index is 12.6.